The molecule has 0 aromatic heterocycles. The summed E-state index contributed by atoms with van der Waals surface area (Å²) >= 11 is 0. The molecule has 9 aromatic rings. The molecule has 0 aliphatic carbocycles. The molecule has 1 N–H and O–H groups in total. The predicted molar refractivity (Wildman–Crippen MR) is 263 cm³/mol. The zero-order chi connectivity index (χ0) is 43.1. The van der Waals surface area contributed by atoms with Gasteiger partial charge in [0.1, 0.15) is 5.60 Å². The fraction of sp³-hybridized carbons (Fsp3) is 0.322. The van der Waals surface area contributed by atoms with Gasteiger partial charge in [-0.15, -0.1) is 0 Å². The molecular weight excluding hydrogens is 725 g/mol. The molecule has 0 bridgehead atoms. The molecule has 0 unspecified atom stereocenters. The monoisotopic (exact) mass is 784 g/mol. The number of fused-ring (bicyclic) bond motifs is 6. The third kappa shape index (κ3) is 6.42. The van der Waals surface area contributed by atoms with Gasteiger partial charge in [0.25, 0.3) is 0 Å². The molecule has 1 heteroatoms. The van der Waals surface area contributed by atoms with Crippen LogP contribution in [0, 0.1) is 11.8 Å². The third-order valence-corrected chi connectivity index (χ3v) is 12.9. The topological polar surface area (TPSA) is 20.2 Å². The SMILES string of the molecule is CC(C)(O)C#Cc1ccc2c3c(-c4cc(C(C)(C)C)cc(C(C)(C)C)c4)c4c5cccc6cccc(c4c(-c4cc(C(C)(C)C)cc(C(C)(C)C)c4)c3c3cccc1c32)c65. The van der Waals surface area contributed by atoms with Crippen molar-refractivity contribution in [1.82, 2.24) is 0 Å². The highest BCUT2D eigenvalue weighted by atomic mass is 16.3. The molecule has 0 radical (unpaired) electrons. The van der Waals surface area contributed by atoms with Gasteiger partial charge >= 0.3 is 0 Å². The van der Waals surface area contributed by atoms with E-state index in [1.54, 1.807) is 13.8 Å². The Morgan fingerprint density at radius 2 is 0.717 bits per heavy atom. The van der Waals surface area contributed by atoms with E-state index in [0.717, 1.165) is 10.9 Å². The van der Waals surface area contributed by atoms with Crippen LogP contribution >= 0.6 is 0 Å². The highest BCUT2D eigenvalue weighted by molar-refractivity contribution is 6.46. The Bertz CT molecular complexity index is 3020. The zero-order valence-corrected chi connectivity index (χ0v) is 38.3. The van der Waals surface area contributed by atoms with Crippen LogP contribution in [-0.4, -0.2) is 10.7 Å². The second-order valence-corrected chi connectivity index (χ2v) is 22.3. The molecule has 60 heavy (non-hydrogen) atoms. The fourth-order valence-corrected chi connectivity index (χ4v) is 9.59. The summed E-state index contributed by atoms with van der Waals surface area (Å²) in [6.45, 7) is 31.6. The lowest BCUT2D eigenvalue weighted by atomic mass is 9.76. The molecular formula is C59H60O. The molecule has 0 aliphatic heterocycles. The minimum Gasteiger partial charge on any atom is -0.378 e. The first-order chi connectivity index (χ1) is 27.9. The standard InChI is InChI=1S/C59H60O/c1-55(2,3)38-28-36(29-39(32-38)56(4,5)6)48-51-43-21-15-18-35-19-16-22-44(47(35)43)52(51)49(37-30-40(57(7,8)9)33-41(31-37)58(10,11)12)54-46-25-24-34(26-27-59(13,14)60)42-20-17-23-45(50(42)46)53(48)54/h15-25,28-33,60H,1-14H3. The molecule has 9 aromatic carbocycles. The number of benzene rings is 7. The van der Waals surface area contributed by atoms with Crippen molar-refractivity contribution in [3.05, 3.63) is 131 Å². The van der Waals surface area contributed by atoms with Crippen LogP contribution in [0.2, 0.25) is 0 Å². The first kappa shape index (κ1) is 40.0. The summed E-state index contributed by atoms with van der Waals surface area (Å²) < 4.78 is 0. The van der Waals surface area contributed by atoms with E-state index in [-0.39, 0.29) is 21.7 Å². The van der Waals surface area contributed by atoms with E-state index in [1.165, 1.54) is 104 Å². The van der Waals surface area contributed by atoms with Crippen LogP contribution in [0.1, 0.15) is 125 Å². The lowest BCUT2D eigenvalue weighted by molar-refractivity contribution is 0.143. The molecule has 0 fully saturated rings. The van der Waals surface area contributed by atoms with E-state index in [1.807, 2.05) is 0 Å². The lowest BCUT2D eigenvalue weighted by Crippen LogP contribution is -2.16. The summed E-state index contributed by atoms with van der Waals surface area (Å²) in [5.74, 6) is 6.53. The molecule has 0 amide bonds. The summed E-state index contributed by atoms with van der Waals surface area (Å²) in [5.41, 5.74) is 10.1. The van der Waals surface area contributed by atoms with Crippen molar-refractivity contribution in [1.29, 1.82) is 0 Å². The Morgan fingerprint density at radius 1 is 0.367 bits per heavy atom. The van der Waals surface area contributed by atoms with E-state index >= 15 is 0 Å². The van der Waals surface area contributed by atoms with Crippen LogP contribution in [0.5, 0.6) is 0 Å². The van der Waals surface area contributed by atoms with Gasteiger partial charge in [0.2, 0.25) is 0 Å². The molecule has 0 spiro atoms. The summed E-state index contributed by atoms with van der Waals surface area (Å²) in [6.07, 6.45) is 0. The van der Waals surface area contributed by atoms with Gasteiger partial charge in [-0.3, -0.25) is 0 Å². The molecule has 9 rings (SSSR count). The number of hydrogen-bond acceptors (Lipinski definition) is 1. The van der Waals surface area contributed by atoms with Crippen molar-refractivity contribution >= 4 is 64.6 Å². The Morgan fingerprint density at radius 3 is 1.10 bits per heavy atom. The Balaban J connectivity index is 1.63. The van der Waals surface area contributed by atoms with Gasteiger partial charge in [-0.05, 0) is 151 Å². The average molecular weight is 785 g/mol. The quantitative estimate of drug-likeness (QED) is 0.173. The Kier molecular flexibility index (Phi) is 8.70. The highest BCUT2D eigenvalue weighted by Crippen LogP contribution is 2.56. The molecule has 302 valence electrons. The van der Waals surface area contributed by atoms with Crippen molar-refractivity contribution in [2.45, 2.75) is 124 Å². The van der Waals surface area contributed by atoms with Gasteiger partial charge in [-0.2, -0.15) is 0 Å². The summed E-state index contributed by atoms with van der Waals surface area (Å²) in [7, 11) is 0. The van der Waals surface area contributed by atoms with E-state index in [9.17, 15) is 5.11 Å². The highest BCUT2D eigenvalue weighted by Gasteiger charge is 2.31. The second-order valence-electron chi connectivity index (χ2n) is 22.3. The number of rotatable bonds is 2. The van der Waals surface area contributed by atoms with Gasteiger partial charge in [-0.25, -0.2) is 0 Å². The summed E-state index contributed by atoms with van der Waals surface area (Å²) in [4.78, 5) is 0. The van der Waals surface area contributed by atoms with Crippen molar-refractivity contribution in [2.75, 3.05) is 0 Å². The van der Waals surface area contributed by atoms with E-state index < -0.39 is 5.60 Å². The largest absolute Gasteiger partial charge is 0.378 e. The van der Waals surface area contributed by atoms with Crippen LogP contribution in [0.3, 0.4) is 0 Å². The minimum absolute atomic E-state index is 0.0565. The van der Waals surface area contributed by atoms with E-state index in [0.29, 0.717) is 0 Å². The normalized spacial score (nSPS) is 13.4. The van der Waals surface area contributed by atoms with Gasteiger partial charge in [0, 0.05) is 5.56 Å². The maximum atomic E-state index is 10.7. The molecule has 1 nitrogen and oxygen atoms in total. The Hall–Kier alpha value is -5.42. The summed E-state index contributed by atoms with van der Waals surface area (Å²) in [6, 6.07) is 40.0. The molecule has 0 aliphatic rings. The maximum Gasteiger partial charge on any atom is 0.120 e. The predicted octanol–water partition coefficient (Wildman–Crippen LogP) is 16.1. The van der Waals surface area contributed by atoms with Crippen LogP contribution in [0.25, 0.3) is 86.9 Å². The molecule has 0 atom stereocenters. The molecule has 0 heterocycles. The van der Waals surface area contributed by atoms with Crippen molar-refractivity contribution in [3.8, 4) is 34.1 Å². The first-order valence-electron chi connectivity index (χ1n) is 21.8. The Labute approximate surface area is 357 Å². The van der Waals surface area contributed by atoms with Gasteiger partial charge < -0.3 is 5.11 Å². The maximum absolute atomic E-state index is 10.7. The van der Waals surface area contributed by atoms with Crippen molar-refractivity contribution < 1.29 is 5.11 Å². The zero-order valence-electron chi connectivity index (χ0n) is 38.3. The average Bonchev–Trinajstić information content (AvgIpc) is 3.66. The number of hydrogen-bond donors (Lipinski definition) is 1. The second kappa shape index (κ2) is 13.0. The van der Waals surface area contributed by atoms with Crippen LogP contribution in [0.4, 0.5) is 0 Å². The number of aliphatic hydroxyl groups is 1. The van der Waals surface area contributed by atoms with Gasteiger partial charge in [0.15, 0.2) is 0 Å². The molecule has 0 saturated carbocycles. The van der Waals surface area contributed by atoms with Gasteiger partial charge in [-0.1, -0.05) is 192 Å². The lowest BCUT2D eigenvalue weighted by Gasteiger charge is -2.28. The summed E-state index contributed by atoms with van der Waals surface area (Å²) in [5, 5.41) is 26.0. The van der Waals surface area contributed by atoms with Crippen LogP contribution in [-0.2, 0) is 21.7 Å². The molecule has 0 saturated heterocycles. The van der Waals surface area contributed by atoms with Crippen molar-refractivity contribution in [3.63, 3.8) is 0 Å². The minimum atomic E-state index is -1.10. The smallest absolute Gasteiger partial charge is 0.120 e. The van der Waals surface area contributed by atoms with E-state index in [4.69, 9.17) is 0 Å². The third-order valence-electron chi connectivity index (χ3n) is 12.9. The van der Waals surface area contributed by atoms with Crippen LogP contribution in [0.15, 0.2) is 103 Å². The van der Waals surface area contributed by atoms with E-state index in [2.05, 4.69) is 198 Å². The fourth-order valence-electron chi connectivity index (χ4n) is 9.59. The van der Waals surface area contributed by atoms with Crippen LogP contribution < -0.4 is 0 Å². The van der Waals surface area contributed by atoms with Crippen molar-refractivity contribution in [2.24, 2.45) is 0 Å². The first-order valence-corrected chi connectivity index (χ1v) is 21.8. The van der Waals surface area contributed by atoms with Gasteiger partial charge in [0.05, 0.1) is 0 Å².